The molecule has 2 rings (SSSR count). The lowest BCUT2D eigenvalue weighted by Crippen LogP contribution is -2.34. The molecule has 0 atom stereocenters. The number of thiophene rings is 1. The number of sulfonamides is 1. The zero-order valence-corrected chi connectivity index (χ0v) is 13.2. The Kier molecular flexibility index (Phi) is 4.57. The highest BCUT2D eigenvalue weighted by molar-refractivity contribution is 7.91. The molecule has 1 aliphatic heterocycles. The van der Waals surface area contributed by atoms with Crippen LogP contribution in [0.15, 0.2) is 16.3 Å². The molecule has 1 aromatic rings. The second-order valence-corrected chi connectivity index (χ2v) is 8.23. The van der Waals surface area contributed by atoms with E-state index >= 15 is 0 Å². The highest BCUT2D eigenvalue weighted by Gasteiger charge is 2.27. The van der Waals surface area contributed by atoms with Gasteiger partial charge in [-0.15, -0.1) is 11.3 Å². The lowest BCUT2D eigenvalue weighted by molar-refractivity contribution is 0.347. The number of likely N-dealkylation sites (N-methyl/N-ethyl adjacent to an activating group) is 1. The van der Waals surface area contributed by atoms with Crippen LogP contribution in [-0.2, 0) is 10.0 Å². The summed E-state index contributed by atoms with van der Waals surface area (Å²) >= 11 is 6.00. The first-order valence-corrected chi connectivity index (χ1v) is 8.66. The average Bonchev–Trinajstić information content (AvgIpc) is 2.74. The van der Waals surface area contributed by atoms with E-state index in [1.54, 1.807) is 16.4 Å². The molecular weight excluding hydrogens is 302 g/mol. The van der Waals surface area contributed by atoms with Crippen molar-refractivity contribution in [2.45, 2.75) is 10.6 Å². The maximum Gasteiger partial charge on any atom is 0.252 e. The quantitative estimate of drug-likeness (QED) is 0.831. The highest BCUT2D eigenvalue weighted by atomic mass is 32.2. The Hall–Kier alpha value is -0.540. The second kappa shape index (κ2) is 5.84. The third-order valence-electron chi connectivity index (χ3n) is 3.10. The van der Waals surface area contributed by atoms with Crippen LogP contribution in [0.2, 0.25) is 0 Å². The van der Waals surface area contributed by atoms with Gasteiger partial charge < -0.3 is 10.6 Å². The Morgan fingerprint density at radius 2 is 2.05 bits per heavy atom. The van der Waals surface area contributed by atoms with Gasteiger partial charge in [-0.05, 0) is 32.1 Å². The van der Waals surface area contributed by atoms with Crippen LogP contribution in [-0.4, -0.2) is 55.8 Å². The minimum atomic E-state index is -3.41. The summed E-state index contributed by atoms with van der Waals surface area (Å²) in [7, 11) is -1.41. The van der Waals surface area contributed by atoms with E-state index in [0.717, 1.165) is 30.8 Å². The molecule has 5 nitrogen and oxygen atoms in total. The van der Waals surface area contributed by atoms with Crippen LogP contribution >= 0.6 is 23.6 Å². The molecular formula is C11H17N3O2S3. The third-order valence-corrected chi connectivity index (χ3v) is 6.93. The van der Waals surface area contributed by atoms with Gasteiger partial charge in [-0.2, -0.15) is 4.31 Å². The normalized spacial score (nSPS) is 19.2. The van der Waals surface area contributed by atoms with E-state index in [2.05, 4.69) is 4.90 Å². The maximum absolute atomic E-state index is 12.5. The molecule has 0 saturated carbocycles. The van der Waals surface area contributed by atoms with Crippen molar-refractivity contribution < 1.29 is 8.42 Å². The van der Waals surface area contributed by atoms with Crippen LogP contribution in [0.5, 0.6) is 0 Å². The summed E-state index contributed by atoms with van der Waals surface area (Å²) in [6.07, 6.45) is 0.850. The number of hydrogen-bond acceptors (Lipinski definition) is 5. The first kappa shape index (κ1) is 14.9. The smallest absolute Gasteiger partial charge is 0.252 e. The van der Waals surface area contributed by atoms with E-state index in [-0.39, 0.29) is 4.99 Å². The van der Waals surface area contributed by atoms with Crippen LogP contribution in [0.1, 0.15) is 11.3 Å². The largest absolute Gasteiger partial charge is 0.389 e. The Morgan fingerprint density at radius 1 is 1.32 bits per heavy atom. The number of thiocarbonyl (C=S) groups is 1. The van der Waals surface area contributed by atoms with Gasteiger partial charge in [-0.1, -0.05) is 12.2 Å². The van der Waals surface area contributed by atoms with Crippen molar-refractivity contribution in [3.05, 3.63) is 17.0 Å². The van der Waals surface area contributed by atoms with Crippen molar-refractivity contribution in [2.24, 2.45) is 5.73 Å². The molecule has 1 aromatic heterocycles. The SMILES string of the molecule is CN1CCCN(S(=O)(=O)c2ccc(C(N)=S)s2)CC1. The first-order chi connectivity index (χ1) is 8.91. The summed E-state index contributed by atoms with van der Waals surface area (Å²) in [5, 5.41) is 0. The van der Waals surface area contributed by atoms with Crippen LogP contribution in [0.25, 0.3) is 0 Å². The lowest BCUT2D eigenvalue weighted by Gasteiger charge is -2.19. The number of nitrogens with two attached hydrogens (primary N) is 1. The molecule has 0 radical (unpaired) electrons. The van der Waals surface area contributed by atoms with Crippen LogP contribution < -0.4 is 5.73 Å². The molecule has 0 aromatic carbocycles. The van der Waals surface area contributed by atoms with Crippen LogP contribution in [0.4, 0.5) is 0 Å². The molecule has 0 bridgehead atoms. The highest BCUT2D eigenvalue weighted by Crippen LogP contribution is 2.25. The fourth-order valence-corrected chi connectivity index (χ4v) is 4.96. The van der Waals surface area contributed by atoms with Crippen molar-refractivity contribution in [3.63, 3.8) is 0 Å². The number of nitrogens with zero attached hydrogens (tertiary/aromatic N) is 2. The van der Waals surface area contributed by atoms with E-state index in [1.807, 2.05) is 7.05 Å². The van der Waals surface area contributed by atoms with E-state index in [9.17, 15) is 8.42 Å². The van der Waals surface area contributed by atoms with Gasteiger partial charge in [0.15, 0.2) is 0 Å². The standard InChI is InChI=1S/C11H17N3O2S3/c1-13-5-2-6-14(8-7-13)19(15,16)10-4-3-9(18-10)11(12)17/h3-4H,2,5-8H2,1H3,(H2,12,17). The summed E-state index contributed by atoms with van der Waals surface area (Å²) in [5.41, 5.74) is 5.52. The zero-order valence-electron chi connectivity index (χ0n) is 10.7. The Bertz CT molecular complexity index is 567. The molecule has 2 heterocycles. The maximum atomic E-state index is 12.5. The molecule has 0 unspecified atom stereocenters. The Labute approximate surface area is 123 Å². The van der Waals surface area contributed by atoms with Gasteiger partial charge >= 0.3 is 0 Å². The van der Waals surface area contributed by atoms with Crippen molar-refractivity contribution in [3.8, 4) is 0 Å². The van der Waals surface area contributed by atoms with Gasteiger partial charge in [0.2, 0.25) is 0 Å². The van der Waals surface area contributed by atoms with E-state index in [0.29, 0.717) is 22.2 Å². The molecule has 0 amide bonds. The zero-order chi connectivity index (χ0) is 14.0. The summed E-state index contributed by atoms with van der Waals surface area (Å²) in [6.45, 7) is 2.77. The van der Waals surface area contributed by atoms with Crippen LogP contribution in [0, 0.1) is 0 Å². The molecule has 2 N–H and O–H groups in total. The fraction of sp³-hybridized carbons (Fsp3) is 0.545. The van der Waals surface area contributed by atoms with Gasteiger partial charge in [0.25, 0.3) is 10.0 Å². The minimum Gasteiger partial charge on any atom is -0.389 e. The Balaban J connectivity index is 2.23. The monoisotopic (exact) mass is 319 g/mol. The molecule has 1 fully saturated rings. The van der Waals surface area contributed by atoms with Gasteiger partial charge in [0.05, 0.1) is 4.88 Å². The lowest BCUT2D eigenvalue weighted by atomic mass is 10.4. The van der Waals surface area contributed by atoms with Gasteiger partial charge in [0, 0.05) is 19.6 Å². The molecule has 8 heteroatoms. The number of hydrogen-bond donors (Lipinski definition) is 1. The van der Waals surface area contributed by atoms with Gasteiger partial charge in [-0.25, -0.2) is 8.42 Å². The molecule has 19 heavy (non-hydrogen) atoms. The number of rotatable bonds is 3. The molecule has 1 saturated heterocycles. The summed E-state index contributed by atoms with van der Waals surface area (Å²) in [5.74, 6) is 0. The molecule has 106 valence electrons. The summed E-state index contributed by atoms with van der Waals surface area (Å²) in [6, 6.07) is 3.26. The van der Waals surface area contributed by atoms with Gasteiger partial charge in [0.1, 0.15) is 9.20 Å². The van der Waals surface area contributed by atoms with Crippen LogP contribution in [0.3, 0.4) is 0 Å². The van der Waals surface area contributed by atoms with Crippen molar-refractivity contribution >= 4 is 38.6 Å². The minimum absolute atomic E-state index is 0.238. The van der Waals surface area contributed by atoms with Crippen molar-refractivity contribution in [1.29, 1.82) is 0 Å². The molecule has 1 aliphatic rings. The van der Waals surface area contributed by atoms with E-state index < -0.39 is 10.0 Å². The van der Waals surface area contributed by atoms with E-state index in [4.69, 9.17) is 18.0 Å². The first-order valence-electron chi connectivity index (χ1n) is 5.99. The second-order valence-electron chi connectivity index (χ2n) is 4.54. The predicted octanol–water partition coefficient (Wildman–Crippen LogP) is 0.708. The van der Waals surface area contributed by atoms with Crippen molar-refractivity contribution in [2.75, 3.05) is 33.2 Å². The topological polar surface area (TPSA) is 66.6 Å². The average molecular weight is 319 g/mol. The summed E-state index contributed by atoms with van der Waals surface area (Å²) < 4.78 is 26.9. The third kappa shape index (κ3) is 3.32. The molecule has 0 aliphatic carbocycles. The molecule has 0 spiro atoms. The predicted molar refractivity (Wildman–Crippen MR) is 81.1 cm³/mol. The van der Waals surface area contributed by atoms with Gasteiger partial charge in [-0.3, -0.25) is 0 Å². The fourth-order valence-electron chi connectivity index (χ4n) is 1.98. The van der Waals surface area contributed by atoms with E-state index in [1.165, 1.54) is 0 Å². The Morgan fingerprint density at radius 3 is 2.68 bits per heavy atom. The van der Waals surface area contributed by atoms with Crippen molar-refractivity contribution in [1.82, 2.24) is 9.21 Å². The summed E-state index contributed by atoms with van der Waals surface area (Å²) in [4.78, 5) is 3.02.